The lowest BCUT2D eigenvalue weighted by Gasteiger charge is -2.05. The molecule has 1 N–H and O–H groups in total. The quantitative estimate of drug-likeness (QED) is 0.808. The van der Waals surface area contributed by atoms with Crippen molar-refractivity contribution in [1.82, 2.24) is 5.32 Å². The lowest BCUT2D eigenvalue weighted by molar-refractivity contribution is 0.0956. The number of hydrogen-bond acceptors (Lipinski definition) is 2. The molecule has 1 aromatic carbocycles. The summed E-state index contributed by atoms with van der Waals surface area (Å²) in [5.74, 6) is 0.756. The van der Waals surface area contributed by atoms with Crippen LogP contribution in [0, 0.1) is 5.92 Å². The zero-order valence-corrected chi connectivity index (χ0v) is 11.7. The van der Waals surface area contributed by atoms with Crippen molar-refractivity contribution in [1.29, 1.82) is 0 Å². The molecule has 2 nitrogen and oxygen atoms in total. The number of rotatable bonds is 5. The molecule has 0 spiro atoms. The molecule has 2 rings (SSSR count). The lowest BCUT2D eigenvalue weighted by atomic mass is 10.1. The van der Waals surface area contributed by atoms with Gasteiger partial charge < -0.3 is 5.32 Å². The topological polar surface area (TPSA) is 29.1 Å². The van der Waals surface area contributed by atoms with E-state index in [4.69, 9.17) is 0 Å². The van der Waals surface area contributed by atoms with Crippen LogP contribution < -0.4 is 5.32 Å². The van der Waals surface area contributed by atoms with Gasteiger partial charge in [0, 0.05) is 11.2 Å². The van der Waals surface area contributed by atoms with Gasteiger partial charge in [0.25, 0.3) is 5.91 Å². The van der Waals surface area contributed by atoms with Crippen molar-refractivity contribution >= 4 is 27.3 Å². The van der Waals surface area contributed by atoms with E-state index in [1.807, 2.05) is 24.3 Å². The van der Waals surface area contributed by atoms with E-state index in [2.05, 4.69) is 25.2 Å². The van der Waals surface area contributed by atoms with Crippen LogP contribution in [0.25, 0.3) is 10.1 Å². The molecular weight excluding hydrogens is 242 g/mol. The van der Waals surface area contributed by atoms with E-state index in [-0.39, 0.29) is 5.91 Å². The molecule has 0 fully saturated rings. The molecule has 0 saturated carbocycles. The molecule has 0 atom stereocenters. The maximum atomic E-state index is 12.0. The summed E-state index contributed by atoms with van der Waals surface area (Å²) >= 11 is 1.56. The van der Waals surface area contributed by atoms with Crippen molar-refractivity contribution in [2.24, 2.45) is 5.92 Å². The maximum Gasteiger partial charge on any atom is 0.261 e. The van der Waals surface area contributed by atoms with E-state index in [1.165, 1.54) is 4.70 Å². The molecule has 0 aliphatic carbocycles. The first-order valence-electron chi connectivity index (χ1n) is 6.43. The van der Waals surface area contributed by atoms with Gasteiger partial charge in [0.2, 0.25) is 0 Å². The maximum absolute atomic E-state index is 12.0. The van der Waals surface area contributed by atoms with Crippen LogP contribution in [0.1, 0.15) is 36.4 Å². The highest BCUT2D eigenvalue weighted by Crippen LogP contribution is 2.24. The second-order valence-electron chi connectivity index (χ2n) is 4.94. The van der Waals surface area contributed by atoms with Crippen LogP contribution in [0.5, 0.6) is 0 Å². The predicted molar refractivity (Wildman–Crippen MR) is 78.2 cm³/mol. The molecule has 0 aliphatic rings. The first-order chi connectivity index (χ1) is 8.66. The van der Waals surface area contributed by atoms with Crippen LogP contribution in [0.3, 0.4) is 0 Å². The average molecular weight is 261 g/mol. The van der Waals surface area contributed by atoms with Crippen LogP contribution >= 0.6 is 11.3 Å². The van der Waals surface area contributed by atoms with Gasteiger partial charge in [0.1, 0.15) is 0 Å². The minimum atomic E-state index is 0.0555. The smallest absolute Gasteiger partial charge is 0.261 e. The minimum absolute atomic E-state index is 0.0555. The second-order valence-corrected chi connectivity index (χ2v) is 6.02. The van der Waals surface area contributed by atoms with Crippen LogP contribution in [0.15, 0.2) is 30.3 Å². The Morgan fingerprint density at radius 3 is 2.83 bits per heavy atom. The molecule has 1 aromatic heterocycles. The summed E-state index contributed by atoms with van der Waals surface area (Å²) in [4.78, 5) is 12.8. The molecule has 3 heteroatoms. The van der Waals surface area contributed by atoms with Crippen molar-refractivity contribution in [3.05, 3.63) is 35.2 Å². The third kappa shape index (κ3) is 3.33. The summed E-state index contributed by atoms with van der Waals surface area (Å²) in [6, 6.07) is 10.1. The molecule has 1 heterocycles. The van der Waals surface area contributed by atoms with Gasteiger partial charge in [0.05, 0.1) is 4.88 Å². The lowest BCUT2D eigenvalue weighted by Crippen LogP contribution is -2.23. The first kappa shape index (κ1) is 13.1. The summed E-state index contributed by atoms with van der Waals surface area (Å²) < 4.78 is 1.17. The molecule has 1 amide bonds. The summed E-state index contributed by atoms with van der Waals surface area (Å²) in [5, 5.41) is 4.13. The first-order valence-corrected chi connectivity index (χ1v) is 7.25. The molecule has 0 radical (unpaired) electrons. The Bertz CT molecular complexity index is 497. The van der Waals surface area contributed by atoms with E-state index < -0.39 is 0 Å². The monoisotopic (exact) mass is 261 g/mol. The fraction of sp³-hybridized carbons (Fsp3) is 0.400. The highest BCUT2D eigenvalue weighted by molar-refractivity contribution is 7.20. The summed E-state index contributed by atoms with van der Waals surface area (Å²) in [6.45, 7) is 5.17. The molecule has 96 valence electrons. The van der Waals surface area contributed by atoms with Crippen molar-refractivity contribution in [3.8, 4) is 0 Å². The standard InChI is InChI=1S/C15H19NOS/c1-11(2)6-5-9-16-15(17)14-10-12-7-3-4-8-13(12)18-14/h3-4,7-8,10-11H,5-6,9H2,1-2H3,(H,16,17). The SMILES string of the molecule is CC(C)CCCNC(=O)c1cc2ccccc2s1. The highest BCUT2D eigenvalue weighted by atomic mass is 32.1. The van der Waals surface area contributed by atoms with Gasteiger partial charge in [-0.15, -0.1) is 11.3 Å². The molecule has 0 unspecified atom stereocenters. The summed E-state index contributed by atoms with van der Waals surface area (Å²) in [6.07, 6.45) is 2.21. The van der Waals surface area contributed by atoms with Crippen molar-refractivity contribution < 1.29 is 4.79 Å². The number of carbonyl (C=O) groups excluding carboxylic acids is 1. The van der Waals surface area contributed by atoms with Crippen LogP contribution in [0.2, 0.25) is 0 Å². The van der Waals surface area contributed by atoms with Gasteiger partial charge in [-0.25, -0.2) is 0 Å². The fourth-order valence-corrected chi connectivity index (χ4v) is 2.87. The zero-order chi connectivity index (χ0) is 13.0. The van der Waals surface area contributed by atoms with Crippen LogP contribution in [0.4, 0.5) is 0 Å². The van der Waals surface area contributed by atoms with Gasteiger partial charge in [-0.1, -0.05) is 32.0 Å². The third-order valence-corrected chi connectivity index (χ3v) is 4.01. The van der Waals surface area contributed by atoms with Crippen molar-refractivity contribution in [2.75, 3.05) is 6.54 Å². The average Bonchev–Trinajstić information content (AvgIpc) is 2.78. The molecule has 0 saturated heterocycles. The highest BCUT2D eigenvalue weighted by Gasteiger charge is 2.09. The number of fused-ring (bicyclic) bond motifs is 1. The van der Waals surface area contributed by atoms with E-state index in [1.54, 1.807) is 11.3 Å². The number of thiophene rings is 1. The molecule has 18 heavy (non-hydrogen) atoms. The number of hydrogen-bond donors (Lipinski definition) is 1. The zero-order valence-electron chi connectivity index (χ0n) is 10.9. The number of amides is 1. The largest absolute Gasteiger partial charge is 0.351 e. The molecule has 0 bridgehead atoms. The summed E-state index contributed by atoms with van der Waals surface area (Å²) in [7, 11) is 0. The number of carbonyl (C=O) groups is 1. The Hall–Kier alpha value is -1.35. The fourth-order valence-electron chi connectivity index (χ4n) is 1.89. The number of nitrogens with one attached hydrogen (secondary N) is 1. The third-order valence-electron chi connectivity index (χ3n) is 2.89. The Labute approximate surface area is 112 Å². The Morgan fingerprint density at radius 1 is 1.33 bits per heavy atom. The van der Waals surface area contributed by atoms with Gasteiger partial charge >= 0.3 is 0 Å². The number of benzene rings is 1. The van der Waals surface area contributed by atoms with Crippen LogP contribution in [-0.2, 0) is 0 Å². The van der Waals surface area contributed by atoms with E-state index >= 15 is 0 Å². The molecule has 2 aromatic rings. The normalized spacial score (nSPS) is 11.1. The van der Waals surface area contributed by atoms with Gasteiger partial charge in [-0.05, 0) is 36.3 Å². The van der Waals surface area contributed by atoms with Gasteiger partial charge in [0.15, 0.2) is 0 Å². The van der Waals surface area contributed by atoms with Crippen molar-refractivity contribution in [2.45, 2.75) is 26.7 Å². The van der Waals surface area contributed by atoms with E-state index in [0.29, 0.717) is 5.92 Å². The molecule has 0 aliphatic heterocycles. The minimum Gasteiger partial charge on any atom is -0.351 e. The van der Waals surface area contributed by atoms with E-state index in [0.717, 1.165) is 29.6 Å². The van der Waals surface area contributed by atoms with Gasteiger partial charge in [-0.3, -0.25) is 4.79 Å². The Kier molecular flexibility index (Phi) is 4.37. The Balaban J connectivity index is 1.92. The predicted octanol–water partition coefficient (Wildman–Crippen LogP) is 4.07. The molecular formula is C15H19NOS. The van der Waals surface area contributed by atoms with Crippen LogP contribution in [-0.4, -0.2) is 12.5 Å². The van der Waals surface area contributed by atoms with E-state index in [9.17, 15) is 4.79 Å². The Morgan fingerprint density at radius 2 is 2.11 bits per heavy atom. The second kappa shape index (κ2) is 6.01. The van der Waals surface area contributed by atoms with Crippen molar-refractivity contribution in [3.63, 3.8) is 0 Å². The summed E-state index contributed by atoms with van der Waals surface area (Å²) in [5.41, 5.74) is 0. The van der Waals surface area contributed by atoms with Gasteiger partial charge in [-0.2, -0.15) is 0 Å².